The molecule has 94 valence electrons. The molecule has 0 saturated heterocycles. The molecule has 0 aromatic heterocycles. The quantitative estimate of drug-likeness (QED) is 0.773. The Balaban J connectivity index is 2.89. The van der Waals surface area contributed by atoms with E-state index in [9.17, 15) is 4.79 Å². The third kappa shape index (κ3) is 3.58. The Morgan fingerprint density at radius 1 is 1.29 bits per heavy atom. The number of aryl methyl sites for hydroxylation is 1. The lowest BCUT2D eigenvalue weighted by Crippen LogP contribution is -2.23. The normalized spacial score (nSPS) is 12.6. The molecular weight excluding hydrogens is 212 g/mol. The van der Waals surface area contributed by atoms with Gasteiger partial charge in [-0.05, 0) is 37.0 Å². The summed E-state index contributed by atoms with van der Waals surface area (Å²) in [5, 5.41) is 0. The predicted molar refractivity (Wildman–Crippen MR) is 70.7 cm³/mol. The zero-order valence-corrected chi connectivity index (χ0v) is 11.4. The summed E-state index contributed by atoms with van der Waals surface area (Å²) in [6.07, 6.45) is 0.158. The first-order valence-electron chi connectivity index (χ1n) is 6.25. The second-order valence-electron chi connectivity index (χ2n) is 4.76. The van der Waals surface area contributed by atoms with Gasteiger partial charge in [-0.3, -0.25) is 4.79 Å². The number of carbonyl (C=O) groups is 1. The molecule has 2 nitrogen and oxygen atoms in total. The Kier molecular flexibility index (Phi) is 4.73. The topological polar surface area (TPSA) is 26.3 Å². The Labute approximate surface area is 104 Å². The molecule has 0 N–H and O–H groups in total. The van der Waals surface area contributed by atoms with E-state index in [1.54, 1.807) is 0 Å². The van der Waals surface area contributed by atoms with Crippen LogP contribution in [-0.2, 0) is 4.79 Å². The molecular formula is C15H22O2. The van der Waals surface area contributed by atoms with E-state index in [1.165, 1.54) is 5.56 Å². The maximum atomic E-state index is 11.5. The fourth-order valence-corrected chi connectivity index (χ4v) is 1.65. The minimum Gasteiger partial charge on any atom is -0.483 e. The molecule has 1 atom stereocenters. The van der Waals surface area contributed by atoms with Crippen molar-refractivity contribution in [2.45, 2.75) is 53.1 Å². The Morgan fingerprint density at radius 2 is 1.94 bits per heavy atom. The molecule has 0 aliphatic carbocycles. The van der Waals surface area contributed by atoms with E-state index in [4.69, 9.17) is 4.74 Å². The van der Waals surface area contributed by atoms with Crippen molar-refractivity contribution < 1.29 is 9.53 Å². The number of benzene rings is 1. The van der Waals surface area contributed by atoms with Crippen LogP contribution < -0.4 is 4.74 Å². The third-order valence-corrected chi connectivity index (χ3v) is 2.98. The van der Waals surface area contributed by atoms with Gasteiger partial charge in [0.2, 0.25) is 0 Å². The number of ketones is 1. The first-order chi connectivity index (χ1) is 7.95. The lowest BCUT2D eigenvalue weighted by Gasteiger charge is -2.16. The number of rotatable bonds is 5. The molecule has 1 rings (SSSR count). The molecule has 0 bridgehead atoms. The summed E-state index contributed by atoms with van der Waals surface area (Å²) in [4.78, 5) is 11.5. The van der Waals surface area contributed by atoms with Crippen LogP contribution in [0, 0.1) is 6.92 Å². The molecule has 0 spiro atoms. The molecule has 1 aromatic carbocycles. The highest BCUT2D eigenvalue weighted by atomic mass is 16.5. The zero-order valence-electron chi connectivity index (χ0n) is 11.4. The highest BCUT2D eigenvalue weighted by Gasteiger charge is 2.14. The molecule has 1 aromatic rings. The van der Waals surface area contributed by atoms with Crippen LogP contribution >= 0.6 is 0 Å². The summed E-state index contributed by atoms with van der Waals surface area (Å²) < 4.78 is 5.74. The smallest absolute Gasteiger partial charge is 0.172 e. The van der Waals surface area contributed by atoms with Gasteiger partial charge in [-0.15, -0.1) is 0 Å². The largest absolute Gasteiger partial charge is 0.483 e. The SMILES string of the molecule is CCC(=O)C(C)Oc1cc(C(C)C)ccc1C. The van der Waals surface area contributed by atoms with E-state index in [1.807, 2.05) is 32.9 Å². The molecule has 0 fully saturated rings. The van der Waals surface area contributed by atoms with Crippen LogP contribution in [0.25, 0.3) is 0 Å². The Morgan fingerprint density at radius 3 is 2.47 bits per heavy atom. The molecule has 0 aliphatic rings. The van der Waals surface area contributed by atoms with Crippen LogP contribution in [0.1, 0.15) is 51.2 Å². The number of hydrogen-bond acceptors (Lipinski definition) is 2. The van der Waals surface area contributed by atoms with Crippen LogP contribution in [0.4, 0.5) is 0 Å². The molecule has 2 heteroatoms. The van der Waals surface area contributed by atoms with Gasteiger partial charge in [-0.2, -0.15) is 0 Å². The summed E-state index contributed by atoms with van der Waals surface area (Å²) in [5.74, 6) is 1.43. The monoisotopic (exact) mass is 234 g/mol. The standard InChI is InChI=1S/C15H22O2/c1-6-14(16)12(5)17-15-9-13(10(2)3)8-7-11(15)4/h7-10,12H,6H2,1-5H3. The second-order valence-corrected chi connectivity index (χ2v) is 4.76. The van der Waals surface area contributed by atoms with Gasteiger partial charge in [0.25, 0.3) is 0 Å². The van der Waals surface area contributed by atoms with Gasteiger partial charge in [0.15, 0.2) is 11.9 Å². The van der Waals surface area contributed by atoms with Crippen LogP contribution in [0.2, 0.25) is 0 Å². The highest BCUT2D eigenvalue weighted by Crippen LogP contribution is 2.25. The average molecular weight is 234 g/mol. The van der Waals surface area contributed by atoms with Crippen LogP contribution in [-0.4, -0.2) is 11.9 Å². The lowest BCUT2D eigenvalue weighted by molar-refractivity contribution is -0.124. The third-order valence-electron chi connectivity index (χ3n) is 2.98. The van der Waals surface area contributed by atoms with Gasteiger partial charge in [0.05, 0.1) is 0 Å². The summed E-state index contributed by atoms with van der Waals surface area (Å²) >= 11 is 0. The molecule has 0 heterocycles. The highest BCUT2D eigenvalue weighted by molar-refractivity contribution is 5.82. The van der Waals surface area contributed by atoms with E-state index >= 15 is 0 Å². The number of ether oxygens (including phenoxy) is 1. The average Bonchev–Trinajstić information content (AvgIpc) is 2.30. The number of Topliss-reactive ketones (excluding diaryl/α,β-unsaturated/α-hetero) is 1. The van der Waals surface area contributed by atoms with E-state index in [0.717, 1.165) is 11.3 Å². The van der Waals surface area contributed by atoms with Crippen molar-refractivity contribution in [3.63, 3.8) is 0 Å². The van der Waals surface area contributed by atoms with Crippen molar-refractivity contribution in [2.75, 3.05) is 0 Å². The van der Waals surface area contributed by atoms with Gasteiger partial charge in [0, 0.05) is 6.42 Å². The first kappa shape index (κ1) is 13.8. The maximum Gasteiger partial charge on any atom is 0.172 e. The predicted octanol–water partition coefficient (Wildman–Crippen LogP) is 3.86. The molecule has 17 heavy (non-hydrogen) atoms. The van der Waals surface area contributed by atoms with Crippen LogP contribution in [0.15, 0.2) is 18.2 Å². The van der Waals surface area contributed by atoms with Gasteiger partial charge >= 0.3 is 0 Å². The van der Waals surface area contributed by atoms with Crippen molar-refractivity contribution in [1.82, 2.24) is 0 Å². The van der Waals surface area contributed by atoms with Crippen LogP contribution in [0.5, 0.6) is 5.75 Å². The van der Waals surface area contributed by atoms with Gasteiger partial charge in [-0.25, -0.2) is 0 Å². The van der Waals surface area contributed by atoms with Crippen molar-refractivity contribution in [3.8, 4) is 5.75 Å². The van der Waals surface area contributed by atoms with E-state index in [2.05, 4.69) is 19.9 Å². The van der Waals surface area contributed by atoms with Crippen LogP contribution in [0.3, 0.4) is 0 Å². The minimum atomic E-state index is -0.360. The molecule has 0 saturated carbocycles. The molecule has 0 aliphatic heterocycles. The van der Waals surface area contributed by atoms with Crippen molar-refractivity contribution >= 4 is 5.78 Å². The van der Waals surface area contributed by atoms with Crippen molar-refractivity contribution in [2.24, 2.45) is 0 Å². The Hall–Kier alpha value is -1.31. The van der Waals surface area contributed by atoms with Crippen molar-refractivity contribution in [1.29, 1.82) is 0 Å². The van der Waals surface area contributed by atoms with Gasteiger partial charge in [0.1, 0.15) is 5.75 Å². The van der Waals surface area contributed by atoms with E-state index < -0.39 is 0 Å². The van der Waals surface area contributed by atoms with Gasteiger partial charge in [-0.1, -0.05) is 32.9 Å². The number of carbonyl (C=O) groups excluding carboxylic acids is 1. The minimum absolute atomic E-state index is 0.138. The first-order valence-corrected chi connectivity index (χ1v) is 6.25. The van der Waals surface area contributed by atoms with Gasteiger partial charge < -0.3 is 4.74 Å². The van der Waals surface area contributed by atoms with E-state index in [0.29, 0.717) is 12.3 Å². The lowest BCUT2D eigenvalue weighted by atomic mass is 10.0. The zero-order chi connectivity index (χ0) is 13.0. The Bertz CT molecular complexity index is 394. The maximum absolute atomic E-state index is 11.5. The summed E-state index contributed by atoms with van der Waals surface area (Å²) in [7, 11) is 0. The molecule has 0 radical (unpaired) electrons. The summed E-state index contributed by atoms with van der Waals surface area (Å²) in [6.45, 7) is 9.97. The molecule has 1 unspecified atom stereocenters. The fraction of sp³-hybridized carbons (Fsp3) is 0.533. The summed E-state index contributed by atoms with van der Waals surface area (Å²) in [6, 6.07) is 6.20. The second kappa shape index (κ2) is 5.85. The van der Waals surface area contributed by atoms with Crippen molar-refractivity contribution in [3.05, 3.63) is 29.3 Å². The fourth-order valence-electron chi connectivity index (χ4n) is 1.65. The summed E-state index contributed by atoms with van der Waals surface area (Å²) in [5.41, 5.74) is 2.31. The van der Waals surface area contributed by atoms with E-state index in [-0.39, 0.29) is 11.9 Å². The molecule has 0 amide bonds. The number of hydrogen-bond donors (Lipinski definition) is 0.